The lowest BCUT2D eigenvalue weighted by Gasteiger charge is -2.26. The van der Waals surface area contributed by atoms with Crippen LogP contribution in [0, 0.1) is 4.77 Å². The molecule has 0 fully saturated rings. The van der Waals surface area contributed by atoms with Crippen molar-refractivity contribution >= 4 is 24.3 Å². The van der Waals surface area contributed by atoms with E-state index in [9.17, 15) is 9.59 Å². The predicted octanol–water partition coefficient (Wildman–Crippen LogP) is 3.64. The van der Waals surface area contributed by atoms with Crippen LogP contribution in [0.15, 0.2) is 24.3 Å². The summed E-state index contributed by atoms with van der Waals surface area (Å²) in [7, 11) is 0. The molecule has 0 saturated carbocycles. The Hall–Kier alpha value is -2.68. The topological polar surface area (TPSA) is 98.4 Å². The third-order valence-corrected chi connectivity index (χ3v) is 5.36. The first kappa shape index (κ1) is 22.0. The Labute approximate surface area is 180 Å². The maximum Gasteiger partial charge on any atom is 0.408 e. The standard InChI is InChI=1S/C21H28N4O4S/c1-21(2,3)29-19(28)22-13-17-23-24(11-10-18(26)27)20(30)25(17)16-9-8-14-6-4-5-7-15(14)12-16/h4-7,16H,8-13H2,1-3H3,(H,22,28)(H,26,27). The SMILES string of the molecule is CC(C)(C)OC(=O)NCc1nn(CCC(=O)O)c(=S)n1C1CCc2ccccc2C1. The number of alkyl carbamates (subject to hydrolysis) is 1. The van der Waals surface area contributed by atoms with Crippen molar-refractivity contribution in [2.24, 2.45) is 0 Å². The van der Waals surface area contributed by atoms with E-state index < -0.39 is 17.7 Å². The van der Waals surface area contributed by atoms with E-state index >= 15 is 0 Å². The Morgan fingerprint density at radius 2 is 2.00 bits per heavy atom. The Kier molecular flexibility index (Phi) is 6.60. The summed E-state index contributed by atoms with van der Waals surface area (Å²) < 4.78 is 9.28. The number of aromatic nitrogens is 3. The molecule has 2 N–H and O–H groups in total. The number of fused-ring (bicyclic) bond motifs is 1. The van der Waals surface area contributed by atoms with Crippen LogP contribution >= 0.6 is 12.2 Å². The fourth-order valence-corrected chi connectivity index (χ4v) is 4.05. The van der Waals surface area contributed by atoms with Gasteiger partial charge in [0.25, 0.3) is 0 Å². The average Bonchev–Trinajstić information content (AvgIpc) is 2.98. The Morgan fingerprint density at radius 3 is 2.67 bits per heavy atom. The number of aliphatic carboxylic acids is 1. The molecule has 0 aliphatic heterocycles. The molecule has 1 aliphatic carbocycles. The van der Waals surface area contributed by atoms with Gasteiger partial charge in [0.15, 0.2) is 10.6 Å². The highest BCUT2D eigenvalue weighted by Gasteiger charge is 2.25. The molecule has 162 valence electrons. The van der Waals surface area contributed by atoms with Crippen LogP contribution in [0.5, 0.6) is 0 Å². The molecule has 1 aromatic carbocycles. The number of nitrogens with zero attached hydrogens (tertiary/aromatic N) is 3. The lowest BCUT2D eigenvalue weighted by Crippen LogP contribution is -2.33. The number of aryl methyl sites for hydroxylation is 2. The number of nitrogens with one attached hydrogen (secondary N) is 1. The van der Waals surface area contributed by atoms with Gasteiger partial charge < -0.3 is 15.2 Å². The molecule has 0 radical (unpaired) electrons. The van der Waals surface area contributed by atoms with Gasteiger partial charge in [0.2, 0.25) is 0 Å². The molecule has 1 heterocycles. The van der Waals surface area contributed by atoms with Crippen LogP contribution in [-0.4, -0.2) is 37.1 Å². The van der Waals surface area contributed by atoms with Crippen molar-refractivity contribution in [3.05, 3.63) is 46.0 Å². The summed E-state index contributed by atoms with van der Waals surface area (Å²) in [6, 6.07) is 8.44. The van der Waals surface area contributed by atoms with Crippen molar-refractivity contribution in [2.75, 3.05) is 0 Å². The summed E-state index contributed by atoms with van der Waals surface area (Å²) in [6.45, 7) is 5.73. The zero-order chi connectivity index (χ0) is 21.9. The number of hydrogen-bond acceptors (Lipinski definition) is 5. The number of amides is 1. The van der Waals surface area contributed by atoms with Crippen LogP contribution in [0.3, 0.4) is 0 Å². The zero-order valence-corrected chi connectivity index (χ0v) is 18.4. The van der Waals surface area contributed by atoms with Gasteiger partial charge in [-0.3, -0.25) is 9.36 Å². The zero-order valence-electron chi connectivity index (χ0n) is 17.6. The van der Waals surface area contributed by atoms with Gasteiger partial charge in [0.1, 0.15) is 5.60 Å². The molecule has 9 heteroatoms. The van der Waals surface area contributed by atoms with Crippen molar-refractivity contribution in [2.45, 2.75) is 71.2 Å². The van der Waals surface area contributed by atoms with Gasteiger partial charge in [-0.05, 0) is 63.4 Å². The van der Waals surface area contributed by atoms with Gasteiger partial charge in [0.05, 0.1) is 19.5 Å². The predicted molar refractivity (Wildman–Crippen MR) is 114 cm³/mol. The van der Waals surface area contributed by atoms with Gasteiger partial charge >= 0.3 is 12.1 Å². The van der Waals surface area contributed by atoms with Crippen molar-refractivity contribution in [3.8, 4) is 0 Å². The van der Waals surface area contributed by atoms with E-state index in [2.05, 4.69) is 22.5 Å². The highest BCUT2D eigenvalue weighted by atomic mass is 32.1. The van der Waals surface area contributed by atoms with E-state index in [1.54, 1.807) is 20.8 Å². The highest BCUT2D eigenvalue weighted by molar-refractivity contribution is 7.71. The number of carbonyl (C=O) groups is 2. The lowest BCUT2D eigenvalue weighted by atomic mass is 9.88. The average molecular weight is 433 g/mol. The molecule has 0 saturated heterocycles. The number of carbonyl (C=O) groups excluding carboxylic acids is 1. The number of ether oxygens (including phenoxy) is 1. The first-order valence-corrected chi connectivity index (χ1v) is 10.5. The number of benzene rings is 1. The fourth-order valence-electron chi connectivity index (χ4n) is 3.66. The Bertz CT molecular complexity index is 990. The van der Waals surface area contributed by atoms with Gasteiger partial charge in [0, 0.05) is 6.04 Å². The van der Waals surface area contributed by atoms with Crippen molar-refractivity contribution in [3.63, 3.8) is 0 Å². The third-order valence-electron chi connectivity index (χ3n) is 4.95. The van der Waals surface area contributed by atoms with Crippen LogP contribution in [0.2, 0.25) is 0 Å². The minimum atomic E-state index is -0.911. The van der Waals surface area contributed by atoms with Gasteiger partial charge in [-0.25, -0.2) is 9.48 Å². The highest BCUT2D eigenvalue weighted by Crippen LogP contribution is 2.30. The normalized spacial score (nSPS) is 16.0. The summed E-state index contributed by atoms with van der Waals surface area (Å²) in [5, 5.41) is 16.3. The lowest BCUT2D eigenvalue weighted by molar-refractivity contribution is -0.137. The molecule has 0 bridgehead atoms. The molecule has 1 aromatic heterocycles. The van der Waals surface area contributed by atoms with Crippen LogP contribution in [0.25, 0.3) is 0 Å². The number of hydrogen-bond donors (Lipinski definition) is 2. The monoisotopic (exact) mass is 432 g/mol. The maximum absolute atomic E-state index is 12.1. The number of carboxylic acids is 1. The van der Waals surface area contributed by atoms with Crippen LogP contribution in [0.1, 0.15) is 56.6 Å². The Balaban J connectivity index is 1.85. The second-order valence-electron chi connectivity index (χ2n) is 8.46. The summed E-state index contributed by atoms with van der Waals surface area (Å²) in [5.74, 6) is -0.313. The molecule has 2 aromatic rings. The van der Waals surface area contributed by atoms with Crippen molar-refractivity contribution in [1.82, 2.24) is 19.7 Å². The summed E-state index contributed by atoms with van der Waals surface area (Å²) in [4.78, 5) is 23.1. The fraction of sp³-hybridized carbons (Fsp3) is 0.524. The quantitative estimate of drug-likeness (QED) is 0.676. The van der Waals surface area contributed by atoms with E-state index in [-0.39, 0.29) is 25.6 Å². The van der Waals surface area contributed by atoms with Crippen molar-refractivity contribution < 1.29 is 19.4 Å². The molecule has 30 heavy (non-hydrogen) atoms. The third kappa shape index (κ3) is 5.47. The summed E-state index contributed by atoms with van der Waals surface area (Å²) in [5.41, 5.74) is 2.02. The minimum absolute atomic E-state index is 0.0717. The van der Waals surface area contributed by atoms with Crippen molar-refractivity contribution in [1.29, 1.82) is 0 Å². The van der Waals surface area contributed by atoms with E-state index in [1.165, 1.54) is 15.8 Å². The first-order chi connectivity index (χ1) is 14.1. The molecule has 8 nitrogen and oxygen atoms in total. The molecular weight excluding hydrogens is 404 g/mol. The largest absolute Gasteiger partial charge is 0.481 e. The second-order valence-corrected chi connectivity index (χ2v) is 8.82. The number of rotatable bonds is 6. The van der Waals surface area contributed by atoms with E-state index in [4.69, 9.17) is 22.1 Å². The van der Waals surface area contributed by atoms with Gasteiger partial charge in [-0.15, -0.1) is 0 Å². The summed E-state index contributed by atoms with van der Waals surface area (Å²) in [6.07, 6.45) is 2.04. The van der Waals surface area contributed by atoms with E-state index in [0.29, 0.717) is 10.6 Å². The second kappa shape index (κ2) is 8.99. The van der Waals surface area contributed by atoms with Gasteiger partial charge in [-0.2, -0.15) is 5.10 Å². The molecular formula is C21H28N4O4S. The van der Waals surface area contributed by atoms with E-state index in [0.717, 1.165) is 19.3 Å². The molecule has 3 rings (SSSR count). The molecule has 1 unspecified atom stereocenters. The maximum atomic E-state index is 12.1. The number of carboxylic acid groups (broad SMARTS) is 1. The van der Waals surface area contributed by atoms with Crippen LogP contribution < -0.4 is 5.32 Å². The van der Waals surface area contributed by atoms with Gasteiger partial charge in [-0.1, -0.05) is 24.3 Å². The molecule has 1 aliphatic rings. The molecule has 0 spiro atoms. The van der Waals surface area contributed by atoms with Crippen LogP contribution in [-0.2, 0) is 35.5 Å². The Morgan fingerprint density at radius 1 is 1.30 bits per heavy atom. The minimum Gasteiger partial charge on any atom is -0.481 e. The van der Waals surface area contributed by atoms with E-state index in [1.807, 2.05) is 16.7 Å². The molecule has 1 atom stereocenters. The smallest absolute Gasteiger partial charge is 0.408 e. The van der Waals surface area contributed by atoms with Crippen LogP contribution in [0.4, 0.5) is 4.79 Å². The molecule has 1 amide bonds. The first-order valence-electron chi connectivity index (χ1n) is 10.1. The summed E-state index contributed by atoms with van der Waals surface area (Å²) >= 11 is 5.64.